The maximum atomic E-state index is 11.3. The van der Waals surface area contributed by atoms with E-state index < -0.39 is 11.5 Å². The Morgan fingerprint density at radius 2 is 2.17 bits per heavy atom. The van der Waals surface area contributed by atoms with Crippen molar-refractivity contribution in [2.75, 3.05) is 13.2 Å². The summed E-state index contributed by atoms with van der Waals surface area (Å²) in [7, 11) is 0. The molecule has 1 fully saturated rings. The highest BCUT2D eigenvalue weighted by molar-refractivity contribution is 5.85. The van der Waals surface area contributed by atoms with E-state index >= 15 is 0 Å². The summed E-state index contributed by atoms with van der Waals surface area (Å²) in [5.74, 6) is -0.776. The average Bonchev–Trinajstić information content (AvgIpc) is 2.79. The van der Waals surface area contributed by atoms with Crippen LogP contribution in [-0.4, -0.2) is 40.2 Å². The van der Waals surface area contributed by atoms with Crippen LogP contribution in [0.1, 0.15) is 36.1 Å². The fourth-order valence-electron chi connectivity index (χ4n) is 2.15. The smallest absolute Gasteiger partial charge is 0.353 e. The fraction of sp³-hybridized carbons (Fsp3) is 0.545. The number of carboxylic acids is 1. The number of rotatable bonds is 3. The lowest BCUT2D eigenvalue weighted by Gasteiger charge is -2.35. The first-order valence-corrected chi connectivity index (χ1v) is 5.69. The van der Waals surface area contributed by atoms with Crippen LogP contribution in [0.2, 0.25) is 0 Å². The fourth-order valence-corrected chi connectivity index (χ4v) is 2.15. The monoisotopic (exact) mass is 253 g/mol. The number of nitrogens with zero attached hydrogens (tertiary/aromatic N) is 1. The highest BCUT2D eigenvalue weighted by Crippen LogP contribution is 2.30. The van der Waals surface area contributed by atoms with Crippen LogP contribution in [0.25, 0.3) is 0 Å². The molecule has 0 saturated carbocycles. The lowest BCUT2D eigenvalue weighted by atomic mass is 9.89. The molecule has 1 aromatic heterocycles. The van der Waals surface area contributed by atoms with Crippen LogP contribution < -0.4 is 5.32 Å². The Labute approximate surface area is 104 Å². The normalized spacial score (nSPS) is 18.3. The van der Waals surface area contributed by atoms with Gasteiger partial charge in [-0.15, -0.1) is 0 Å². The minimum atomic E-state index is -1.07. The molecule has 7 nitrogen and oxygen atoms in total. The zero-order valence-corrected chi connectivity index (χ0v) is 10.0. The Morgan fingerprint density at radius 3 is 2.67 bits per heavy atom. The number of imidazole rings is 1. The van der Waals surface area contributed by atoms with Crippen molar-refractivity contribution in [2.45, 2.75) is 25.3 Å². The quantitative estimate of drug-likeness (QED) is 0.716. The Balaban J connectivity index is 2.32. The van der Waals surface area contributed by atoms with E-state index in [2.05, 4.69) is 15.3 Å². The second-order valence-electron chi connectivity index (χ2n) is 4.33. The molecule has 0 atom stereocenters. The molecule has 2 rings (SSSR count). The molecule has 98 valence electrons. The minimum absolute atomic E-state index is 0.0150. The van der Waals surface area contributed by atoms with Crippen molar-refractivity contribution in [3.05, 3.63) is 17.7 Å². The molecule has 3 N–H and O–H groups in total. The summed E-state index contributed by atoms with van der Waals surface area (Å²) in [6.45, 7) is 2.44. The molecule has 0 spiro atoms. The topological polar surface area (TPSA) is 104 Å². The van der Waals surface area contributed by atoms with Crippen LogP contribution in [0.5, 0.6) is 0 Å². The van der Waals surface area contributed by atoms with Crippen LogP contribution in [0.4, 0.5) is 0 Å². The Morgan fingerprint density at radius 1 is 1.50 bits per heavy atom. The van der Waals surface area contributed by atoms with Crippen molar-refractivity contribution < 1.29 is 19.4 Å². The number of nitrogens with one attached hydrogen (secondary N) is 2. The number of aromatic nitrogens is 2. The zero-order chi connectivity index (χ0) is 13.2. The van der Waals surface area contributed by atoms with Crippen molar-refractivity contribution in [3.8, 4) is 0 Å². The third-order valence-electron chi connectivity index (χ3n) is 3.02. The molecule has 0 aromatic carbocycles. The summed E-state index contributed by atoms with van der Waals surface area (Å²) in [5.41, 5.74) is -0.640. The molecule has 1 aliphatic rings. The van der Waals surface area contributed by atoms with Gasteiger partial charge in [-0.3, -0.25) is 4.79 Å². The molecule has 1 amide bonds. The SMILES string of the molecule is CC(=O)NC1(c2ncc(C(=O)O)[nH]2)CCOCC1. The van der Waals surface area contributed by atoms with Crippen molar-refractivity contribution in [1.82, 2.24) is 15.3 Å². The molecular weight excluding hydrogens is 238 g/mol. The molecule has 0 bridgehead atoms. The number of hydrogen-bond donors (Lipinski definition) is 3. The Kier molecular flexibility index (Phi) is 3.33. The van der Waals surface area contributed by atoms with Gasteiger partial charge in [0.05, 0.1) is 6.20 Å². The van der Waals surface area contributed by atoms with Gasteiger partial charge >= 0.3 is 5.97 Å². The molecule has 1 aromatic rings. The maximum absolute atomic E-state index is 11.3. The molecule has 1 aliphatic heterocycles. The van der Waals surface area contributed by atoms with E-state index in [1.165, 1.54) is 13.1 Å². The minimum Gasteiger partial charge on any atom is -0.477 e. The molecule has 2 heterocycles. The first-order chi connectivity index (χ1) is 8.53. The first-order valence-electron chi connectivity index (χ1n) is 5.69. The molecule has 0 aliphatic carbocycles. The molecule has 0 radical (unpaired) electrons. The lowest BCUT2D eigenvalue weighted by Crippen LogP contribution is -2.49. The van der Waals surface area contributed by atoms with Gasteiger partial charge in [-0.2, -0.15) is 0 Å². The molecule has 18 heavy (non-hydrogen) atoms. The number of carbonyl (C=O) groups is 2. The van der Waals surface area contributed by atoms with E-state index in [9.17, 15) is 9.59 Å². The summed E-state index contributed by atoms with van der Waals surface area (Å²) >= 11 is 0. The predicted octanol–water partition coefficient (Wildman–Crippen LogP) is 0.250. The van der Waals surface area contributed by atoms with Gasteiger partial charge in [0, 0.05) is 33.0 Å². The van der Waals surface area contributed by atoms with Crippen molar-refractivity contribution >= 4 is 11.9 Å². The third-order valence-corrected chi connectivity index (χ3v) is 3.02. The summed E-state index contributed by atoms with van der Waals surface area (Å²) in [6.07, 6.45) is 2.40. The van der Waals surface area contributed by atoms with Gasteiger partial charge in [-0.25, -0.2) is 9.78 Å². The van der Waals surface area contributed by atoms with E-state index in [4.69, 9.17) is 9.84 Å². The van der Waals surface area contributed by atoms with Gasteiger partial charge in [-0.1, -0.05) is 0 Å². The van der Waals surface area contributed by atoms with E-state index in [1.54, 1.807) is 0 Å². The number of aromatic carboxylic acids is 1. The number of carbonyl (C=O) groups excluding carboxylic acids is 1. The number of carboxylic acid groups (broad SMARTS) is 1. The average molecular weight is 253 g/mol. The summed E-state index contributed by atoms with van der Waals surface area (Å²) in [6, 6.07) is 0. The summed E-state index contributed by atoms with van der Waals surface area (Å²) < 4.78 is 5.27. The van der Waals surface area contributed by atoms with Crippen molar-refractivity contribution in [2.24, 2.45) is 0 Å². The van der Waals surface area contributed by atoms with E-state index in [0.29, 0.717) is 31.9 Å². The van der Waals surface area contributed by atoms with Crippen molar-refractivity contribution in [3.63, 3.8) is 0 Å². The van der Waals surface area contributed by atoms with Crippen LogP contribution in [0, 0.1) is 0 Å². The number of ether oxygens (including phenoxy) is 1. The second-order valence-corrected chi connectivity index (χ2v) is 4.33. The van der Waals surface area contributed by atoms with Crippen LogP contribution >= 0.6 is 0 Å². The van der Waals surface area contributed by atoms with Gasteiger partial charge in [-0.05, 0) is 0 Å². The number of aromatic amines is 1. The summed E-state index contributed by atoms with van der Waals surface area (Å²) in [5, 5.41) is 11.7. The van der Waals surface area contributed by atoms with E-state index in [-0.39, 0.29) is 11.6 Å². The number of hydrogen-bond acceptors (Lipinski definition) is 4. The number of amides is 1. The highest BCUT2D eigenvalue weighted by atomic mass is 16.5. The molecule has 0 unspecified atom stereocenters. The Hall–Kier alpha value is -1.89. The van der Waals surface area contributed by atoms with Gasteiger partial charge in [0.1, 0.15) is 17.1 Å². The maximum Gasteiger partial charge on any atom is 0.353 e. The van der Waals surface area contributed by atoms with Gasteiger partial charge < -0.3 is 20.1 Å². The van der Waals surface area contributed by atoms with Crippen LogP contribution in [0.15, 0.2) is 6.20 Å². The summed E-state index contributed by atoms with van der Waals surface area (Å²) in [4.78, 5) is 29.0. The number of H-pyrrole nitrogens is 1. The second kappa shape index (κ2) is 4.77. The molecule has 1 saturated heterocycles. The molecular formula is C11H15N3O4. The van der Waals surface area contributed by atoms with Crippen molar-refractivity contribution in [1.29, 1.82) is 0 Å². The highest BCUT2D eigenvalue weighted by Gasteiger charge is 2.38. The van der Waals surface area contributed by atoms with Crippen LogP contribution in [-0.2, 0) is 15.1 Å². The molecule has 7 heteroatoms. The van der Waals surface area contributed by atoms with Gasteiger partial charge in [0.15, 0.2) is 0 Å². The van der Waals surface area contributed by atoms with E-state index in [1.807, 2.05) is 0 Å². The predicted molar refractivity (Wildman–Crippen MR) is 61.1 cm³/mol. The largest absolute Gasteiger partial charge is 0.477 e. The lowest BCUT2D eigenvalue weighted by molar-refractivity contribution is -0.122. The Bertz CT molecular complexity index is 463. The van der Waals surface area contributed by atoms with Gasteiger partial charge in [0.25, 0.3) is 0 Å². The third kappa shape index (κ3) is 2.35. The van der Waals surface area contributed by atoms with Crippen LogP contribution in [0.3, 0.4) is 0 Å². The van der Waals surface area contributed by atoms with Gasteiger partial charge in [0.2, 0.25) is 5.91 Å². The zero-order valence-electron chi connectivity index (χ0n) is 10.0. The van der Waals surface area contributed by atoms with E-state index in [0.717, 1.165) is 0 Å². The first kappa shape index (κ1) is 12.6. The standard InChI is InChI=1S/C11H15N3O4/c1-7(15)14-11(2-4-18-5-3-11)10-12-6-8(13-10)9(16)17/h6H,2-5H2,1H3,(H,12,13)(H,14,15)(H,16,17).